The molecule has 0 atom stereocenters. The molecule has 1 aliphatic rings. The maximum Gasteiger partial charge on any atom is 0.417 e. The Bertz CT molecular complexity index is 735. The fourth-order valence-electron chi connectivity index (χ4n) is 2.67. The molecule has 5 heteroatoms. The Labute approximate surface area is 119 Å². The third-order valence-corrected chi connectivity index (χ3v) is 3.60. The van der Waals surface area contributed by atoms with Gasteiger partial charge in [-0.1, -0.05) is 18.2 Å². The van der Waals surface area contributed by atoms with Gasteiger partial charge in [0.15, 0.2) is 0 Å². The van der Waals surface area contributed by atoms with E-state index in [1.165, 1.54) is 6.07 Å². The first-order chi connectivity index (χ1) is 9.86. The van der Waals surface area contributed by atoms with Gasteiger partial charge in [0.05, 0.1) is 12.0 Å². The molecule has 0 radical (unpaired) electrons. The second-order valence-electron chi connectivity index (χ2n) is 5.09. The predicted octanol–water partition coefficient (Wildman–Crippen LogP) is 4.18. The molecule has 0 fully saturated rings. The number of benzene rings is 2. The van der Waals surface area contributed by atoms with Crippen molar-refractivity contribution in [1.29, 1.82) is 0 Å². The summed E-state index contributed by atoms with van der Waals surface area (Å²) < 4.78 is 39.6. The first kappa shape index (κ1) is 13.7. The van der Waals surface area contributed by atoms with E-state index in [1.54, 1.807) is 31.2 Å². The van der Waals surface area contributed by atoms with E-state index in [2.05, 4.69) is 5.32 Å². The minimum Gasteiger partial charge on any atom is -0.326 e. The lowest BCUT2D eigenvalue weighted by Gasteiger charge is -2.16. The van der Waals surface area contributed by atoms with Gasteiger partial charge in [-0.15, -0.1) is 0 Å². The Kier molecular flexibility index (Phi) is 3.01. The number of nitrogens with one attached hydrogen (secondary N) is 1. The van der Waals surface area contributed by atoms with Crippen molar-refractivity contribution in [3.63, 3.8) is 0 Å². The van der Waals surface area contributed by atoms with Gasteiger partial charge in [0.25, 0.3) is 0 Å². The maximum atomic E-state index is 13.2. The summed E-state index contributed by atoms with van der Waals surface area (Å²) in [5.41, 5.74) is 1.96. The molecule has 3 rings (SSSR count). The molecule has 0 saturated carbocycles. The molecular formula is C16H12F3NO. The van der Waals surface area contributed by atoms with E-state index in [0.29, 0.717) is 16.8 Å². The van der Waals surface area contributed by atoms with E-state index in [-0.39, 0.29) is 17.9 Å². The van der Waals surface area contributed by atoms with Crippen LogP contribution >= 0.6 is 0 Å². The van der Waals surface area contributed by atoms with Gasteiger partial charge in [-0.05, 0) is 47.4 Å². The quantitative estimate of drug-likeness (QED) is 0.839. The van der Waals surface area contributed by atoms with Gasteiger partial charge in [0.1, 0.15) is 0 Å². The number of rotatable bonds is 1. The summed E-state index contributed by atoms with van der Waals surface area (Å²) in [4.78, 5) is 11.3. The third-order valence-electron chi connectivity index (χ3n) is 3.60. The zero-order valence-corrected chi connectivity index (χ0v) is 11.2. The first-order valence-corrected chi connectivity index (χ1v) is 6.46. The number of anilines is 1. The standard InChI is InChI=1S/C16H12F3NO/c1-9-3-2-4-12(16(17,18)19)15(9)10-5-6-13-11(7-10)8-14(21)20-13/h2-7H,8H2,1H3,(H,20,21). The van der Waals surface area contributed by atoms with Crippen molar-refractivity contribution >= 4 is 11.6 Å². The average Bonchev–Trinajstić information content (AvgIpc) is 2.76. The van der Waals surface area contributed by atoms with Crippen LogP contribution in [0.4, 0.5) is 18.9 Å². The van der Waals surface area contributed by atoms with Gasteiger partial charge in [-0.2, -0.15) is 13.2 Å². The van der Waals surface area contributed by atoms with Gasteiger partial charge in [-0.25, -0.2) is 0 Å². The lowest BCUT2D eigenvalue weighted by atomic mass is 9.93. The second kappa shape index (κ2) is 4.62. The normalized spacial score (nSPS) is 14.0. The molecule has 0 unspecified atom stereocenters. The molecule has 0 aromatic heterocycles. The van der Waals surface area contributed by atoms with Crippen molar-refractivity contribution < 1.29 is 18.0 Å². The van der Waals surface area contributed by atoms with E-state index >= 15 is 0 Å². The number of halogens is 3. The van der Waals surface area contributed by atoms with Gasteiger partial charge in [-0.3, -0.25) is 4.79 Å². The molecular weight excluding hydrogens is 279 g/mol. The minimum atomic E-state index is -4.41. The SMILES string of the molecule is Cc1cccc(C(F)(F)F)c1-c1ccc2c(c1)CC(=O)N2. The summed E-state index contributed by atoms with van der Waals surface area (Å²) in [6, 6.07) is 9.06. The highest BCUT2D eigenvalue weighted by Gasteiger charge is 2.34. The van der Waals surface area contributed by atoms with Crippen LogP contribution in [0.2, 0.25) is 0 Å². The van der Waals surface area contributed by atoms with Crippen LogP contribution in [0, 0.1) is 6.92 Å². The smallest absolute Gasteiger partial charge is 0.326 e. The summed E-state index contributed by atoms with van der Waals surface area (Å²) in [6.07, 6.45) is -4.20. The minimum absolute atomic E-state index is 0.136. The zero-order valence-electron chi connectivity index (χ0n) is 11.2. The van der Waals surface area contributed by atoms with Crippen molar-refractivity contribution in [2.45, 2.75) is 19.5 Å². The van der Waals surface area contributed by atoms with E-state index in [0.717, 1.165) is 11.6 Å². The molecule has 2 aromatic carbocycles. The van der Waals surface area contributed by atoms with Crippen molar-refractivity contribution in [3.05, 3.63) is 53.1 Å². The van der Waals surface area contributed by atoms with Crippen molar-refractivity contribution in [3.8, 4) is 11.1 Å². The molecule has 0 aliphatic carbocycles. The molecule has 1 aliphatic heterocycles. The highest BCUT2D eigenvalue weighted by molar-refractivity contribution is 5.99. The summed E-state index contributed by atoms with van der Waals surface area (Å²) in [5.74, 6) is -0.136. The van der Waals surface area contributed by atoms with Crippen molar-refractivity contribution in [2.75, 3.05) is 5.32 Å². The Morgan fingerprint density at radius 3 is 2.62 bits per heavy atom. The summed E-state index contributed by atoms with van der Waals surface area (Å²) in [5, 5.41) is 2.67. The molecule has 1 N–H and O–H groups in total. The van der Waals surface area contributed by atoms with E-state index in [9.17, 15) is 18.0 Å². The molecule has 1 heterocycles. The topological polar surface area (TPSA) is 29.1 Å². The highest BCUT2D eigenvalue weighted by atomic mass is 19.4. The van der Waals surface area contributed by atoms with Gasteiger partial charge >= 0.3 is 6.18 Å². The molecule has 2 aromatic rings. The molecule has 108 valence electrons. The van der Waals surface area contributed by atoms with Gasteiger partial charge in [0, 0.05) is 5.69 Å². The predicted molar refractivity (Wildman–Crippen MR) is 74.0 cm³/mol. The Hall–Kier alpha value is -2.30. The molecule has 0 saturated heterocycles. The lowest BCUT2D eigenvalue weighted by Crippen LogP contribution is -2.08. The zero-order chi connectivity index (χ0) is 15.2. The van der Waals surface area contributed by atoms with Crippen LogP contribution in [-0.4, -0.2) is 5.91 Å². The number of alkyl halides is 3. The summed E-state index contributed by atoms with van der Waals surface area (Å²) in [6.45, 7) is 1.65. The van der Waals surface area contributed by atoms with Crippen LogP contribution in [0.15, 0.2) is 36.4 Å². The number of hydrogen-bond acceptors (Lipinski definition) is 1. The molecule has 1 amide bonds. The Balaban J connectivity index is 2.18. The van der Waals surface area contributed by atoms with Gasteiger partial charge < -0.3 is 5.32 Å². The fraction of sp³-hybridized carbons (Fsp3) is 0.188. The molecule has 2 nitrogen and oxygen atoms in total. The molecule has 0 bridgehead atoms. The van der Waals surface area contributed by atoms with Gasteiger partial charge in [0.2, 0.25) is 5.91 Å². The first-order valence-electron chi connectivity index (χ1n) is 6.46. The average molecular weight is 291 g/mol. The third kappa shape index (κ3) is 2.39. The van der Waals surface area contributed by atoms with Crippen LogP contribution < -0.4 is 5.32 Å². The molecule has 0 spiro atoms. The number of aryl methyl sites for hydroxylation is 1. The summed E-state index contributed by atoms with van der Waals surface area (Å²) in [7, 11) is 0. The van der Waals surface area contributed by atoms with Crippen molar-refractivity contribution in [2.24, 2.45) is 0 Å². The van der Waals surface area contributed by atoms with Crippen LogP contribution in [0.1, 0.15) is 16.7 Å². The van der Waals surface area contributed by atoms with Crippen LogP contribution in [0.3, 0.4) is 0 Å². The van der Waals surface area contributed by atoms with E-state index < -0.39 is 11.7 Å². The summed E-state index contributed by atoms with van der Waals surface area (Å²) >= 11 is 0. The second-order valence-corrected chi connectivity index (χ2v) is 5.09. The van der Waals surface area contributed by atoms with Crippen molar-refractivity contribution in [1.82, 2.24) is 0 Å². The lowest BCUT2D eigenvalue weighted by molar-refractivity contribution is -0.137. The number of carbonyl (C=O) groups excluding carboxylic acids is 1. The van der Waals surface area contributed by atoms with Crippen LogP contribution in [0.25, 0.3) is 11.1 Å². The maximum absolute atomic E-state index is 13.2. The Morgan fingerprint density at radius 1 is 1.14 bits per heavy atom. The highest BCUT2D eigenvalue weighted by Crippen LogP contribution is 2.40. The van der Waals surface area contributed by atoms with Crippen LogP contribution in [-0.2, 0) is 17.4 Å². The van der Waals surface area contributed by atoms with E-state index in [4.69, 9.17) is 0 Å². The molecule has 21 heavy (non-hydrogen) atoms. The largest absolute Gasteiger partial charge is 0.417 e. The number of carbonyl (C=O) groups is 1. The Morgan fingerprint density at radius 2 is 1.90 bits per heavy atom. The number of hydrogen-bond donors (Lipinski definition) is 1. The number of amides is 1. The number of fused-ring (bicyclic) bond motifs is 1. The van der Waals surface area contributed by atoms with E-state index in [1.807, 2.05) is 0 Å². The fourth-order valence-corrected chi connectivity index (χ4v) is 2.67. The monoisotopic (exact) mass is 291 g/mol. The van der Waals surface area contributed by atoms with Crippen LogP contribution in [0.5, 0.6) is 0 Å².